The lowest BCUT2D eigenvalue weighted by Gasteiger charge is -2.54. The summed E-state index contributed by atoms with van der Waals surface area (Å²) in [7, 11) is 0. The molecular weight excluding hydrogens is 436 g/mol. The Morgan fingerprint density at radius 2 is 1.78 bits per heavy atom. The summed E-state index contributed by atoms with van der Waals surface area (Å²) in [6.45, 7) is 7.07. The van der Waals surface area contributed by atoms with E-state index in [1.54, 1.807) is 0 Å². The largest absolute Gasteiger partial charge is 0.508 e. The predicted octanol–water partition coefficient (Wildman–Crippen LogP) is 9.30. The number of rotatable bonds is 7. The molecule has 2 aromatic carbocycles. The minimum absolute atomic E-state index is 0.443. The highest BCUT2D eigenvalue weighted by atomic mass is 16.3. The lowest BCUT2D eigenvalue weighted by molar-refractivity contribution is -0.00558. The first-order valence-corrected chi connectivity index (χ1v) is 15.0. The van der Waals surface area contributed by atoms with Crippen LogP contribution >= 0.6 is 0 Å². The molecule has 1 heteroatoms. The van der Waals surface area contributed by atoms with Crippen LogP contribution in [0.2, 0.25) is 0 Å². The Bertz CT molecular complexity index is 1050. The van der Waals surface area contributed by atoms with Crippen LogP contribution in [-0.2, 0) is 19.3 Å². The van der Waals surface area contributed by atoms with Crippen LogP contribution < -0.4 is 0 Å². The second-order valence-electron chi connectivity index (χ2n) is 13.1. The maximum Gasteiger partial charge on any atom is 0.116 e. The van der Waals surface area contributed by atoms with Gasteiger partial charge in [0.05, 0.1) is 0 Å². The molecule has 5 rings (SSSR count). The van der Waals surface area contributed by atoms with Gasteiger partial charge in [-0.25, -0.2) is 0 Å². The Labute approximate surface area is 220 Å². The van der Waals surface area contributed by atoms with Crippen molar-refractivity contribution in [2.24, 2.45) is 35.0 Å². The van der Waals surface area contributed by atoms with Gasteiger partial charge in [-0.2, -0.15) is 0 Å². The summed E-state index contributed by atoms with van der Waals surface area (Å²) in [5.74, 6) is 4.49. The average molecular weight is 485 g/mol. The van der Waals surface area contributed by atoms with E-state index in [9.17, 15) is 5.11 Å². The number of hydrogen-bond donors (Lipinski definition) is 1. The molecule has 0 aliphatic heterocycles. The van der Waals surface area contributed by atoms with Crippen molar-refractivity contribution in [2.45, 2.75) is 97.8 Å². The van der Waals surface area contributed by atoms with Gasteiger partial charge >= 0.3 is 0 Å². The molecule has 5 atom stereocenters. The number of benzene rings is 2. The van der Waals surface area contributed by atoms with E-state index in [1.807, 2.05) is 6.07 Å². The van der Waals surface area contributed by atoms with Gasteiger partial charge in [0.15, 0.2) is 0 Å². The number of phenols is 1. The second kappa shape index (κ2) is 11.2. The molecule has 0 saturated heterocycles. The summed E-state index contributed by atoms with van der Waals surface area (Å²) in [6, 6.07) is 15.4. The van der Waals surface area contributed by atoms with Crippen molar-refractivity contribution in [3.63, 3.8) is 0 Å². The fraction of sp³-hybridized carbons (Fsp3) is 0.600. The highest BCUT2D eigenvalue weighted by molar-refractivity contribution is 5.39. The van der Waals surface area contributed by atoms with Crippen LogP contribution in [0.1, 0.15) is 101 Å². The number of fused-ring (bicyclic) bond motifs is 2. The number of phenolic OH excluding ortho intramolecular Hbond substituents is 1. The van der Waals surface area contributed by atoms with Crippen LogP contribution in [-0.4, -0.2) is 5.11 Å². The third-order valence-corrected chi connectivity index (χ3v) is 9.89. The van der Waals surface area contributed by atoms with Crippen LogP contribution in [0.5, 0.6) is 5.75 Å². The molecule has 194 valence electrons. The Kier molecular flexibility index (Phi) is 7.94. The van der Waals surface area contributed by atoms with Gasteiger partial charge in [0.25, 0.3) is 0 Å². The van der Waals surface area contributed by atoms with E-state index in [0.717, 1.165) is 48.9 Å². The van der Waals surface area contributed by atoms with Crippen molar-refractivity contribution in [3.05, 3.63) is 76.9 Å². The summed E-state index contributed by atoms with van der Waals surface area (Å²) >= 11 is 0. The summed E-state index contributed by atoms with van der Waals surface area (Å²) in [5.41, 5.74) is 5.97. The molecule has 3 aliphatic rings. The monoisotopic (exact) mass is 484 g/mol. The van der Waals surface area contributed by atoms with Crippen molar-refractivity contribution in [3.8, 4) is 5.75 Å². The molecule has 0 radical (unpaired) electrons. The van der Waals surface area contributed by atoms with Crippen molar-refractivity contribution >= 4 is 0 Å². The van der Waals surface area contributed by atoms with Gasteiger partial charge in [-0.1, -0.05) is 76.1 Å². The van der Waals surface area contributed by atoms with E-state index in [1.165, 1.54) is 80.0 Å². The molecule has 2 saturated carbocycles. The third kappa shape index (κ3) is 5.76. The first-order valence-electron chi connectivity index (χ1n) is 15.0. The van der Waals surface area contributed by atoms with E-state index in [-0.39, 0.29) is 0 Å². The van der Waals surface area contributed by atoms with Gasteiger partial charge in [0.2, 0.25) is 0 Å². The van der Waals surface area contributed by atoms with E-state index < -0.39 is 0 Å². The van der Waals surface area contributed by atoms with Crippen LogP contribution in [0.3, 0.4) is 0 Å². The van der Waals surface area contributed by atoms with Gasteiger partial charge in [-0.05, 0) is 134 Å². The SMILES string of the molecule is CC(C)CCc1ccccc1Cc1cc(O)cc(CC2CCCC3C2CCCC32C=CCC(C)C2)c1. The molecule has 2 aromatic rings. The molecular formula is C35H48O. The second-order valence-corrected chi connectivity index (χ2v) is 13.1. The van der Waals surface area contributed by atoms with Crippen molar-refractivity contribution in [1.29, 1.82) is 0 Å². The lowest BCUT2D eigenvalue weighted by atomic mass is 9.51. The minimum Gasteiger partial charge on any atom is -0.508 e. The molecule has 0 bridgehead atoms. The predicted molar refractivity (Wildman–Crippen MR) is 152 cm³/mol. The Balaban J connectivity index is 1.33. The molecule has 1 nitrogen and oxygen atoms in total. The molecule has 1 spiro atoms. The molecule has 0 heterocycles. The number of aromatic hydroxyl groups is 1. The first-order chi connectivity index (χ1) is 17.4. The fourth-order valence-corrected chi connectivity index (χ4v) is 8.31. The van der Waals surface area contributed by atoms with Crippen molar-refractivity contribution in [2.75, 3.05) is 0 Å². The zero-order valence-electron chi connectivity index (χ0n) is 23.0. The van der Waals surface area contributed by atoms with Gasteiger partial charge < -0.3 is 5.11 Å². The fourth-order valence-electron chi connectivity index (χ4n) is 8.31. The standard InChI is InChI=1S/C35H48O/c1-25(2)15-16-29-10-4-5-11-30(29)20-27-19-28(23-32(36)22-27)21-31-12-6-14-34-33(31)13-8-18-35(34)17-7-9-26(3)24-35/h4-5,7,10-11,17,19,22-23,25-26,31,33-34,36H,6,8-9,12-16,18,20-21,24H2,1-3H3. The quantitative estimate of drug-likeness (QED) is 0.388. The van der Waals surface area contributed by atoms with Crippen molar-refractivity contribution in [1.82, 2.24) is 0 Å². The van der Waals surface area contributed by atoms with Gasteiger partial charge in [-0.15, -0.1) is 0 Å². The number of aryl methyl sites for hydroxylation is 1. The zero-order chi connectivity index (χ0) is 25.1. The van der Waals surface area contributed by atoms with Crippen LogP contribution in [0, 0.1) is 35.0 Å². The lowest BCUT2D eigenvalue weighted by Crippen LogP contribution is -2.45. The third-order valence-electron chi connectivity index (χ3n) is 9.89. The maximum atomic E-state index is 10.7. The van der Waals surface area contributed by atoms with Gasteiger partial charge in [0, 0.05) is 0 Å². The van der Waals surface area contributed by atoms with E-state index >= 15 is 0 Å². The highest BCUT2D eigenvalue weighted by Crippen LogP contribution is 2.58. The maximum absolute atomic E-state index is 10.7. The van der Waals surface area contributed by atoms with Crippen LogP contribution in [0.25, 0.3) is 0 Å². The summed E-state index contributed by atoms with van der Waals surface area (Å²) < 4.78 is 0. The molecule has 3 aliphatic carbocycles. The summed E-state index contributed by atoms with van der Waals surface area (Å²) in [5, 5.41) is 10.7. The van der Waals surface area contributed by atoms with Crippen LogP contribution in [0.15, 0.2) is 54.6 Å². The van der Waals surface area contributed by atoms with Crippen LogP contribution in [0.4, 0.5) is 0 Å². The summed E-state index contributed by atoms with van der Waals surface area (Å²) in [6.07, 6.45) is 20.7. The topological polar surface area (TPSA) is 20.2 Å². The Morgan fingerprint density at radius 1 is 0.972 bits per heavy atom. The molecule has 36 heavy (non-hydrogen) atoms. The van der Waals surface area contributed by atoms with E-state index in [0.29, 0.717) is 11.2 Å². The molecule has 2 fully saturated rings. The normalized spacial score (nSPS) is 30.0. The Morgan fingerprint density at radius 3 is 2.58 bits per heavy atom. The van der Waals surface area contributed by atoms with Crippen molar-refractivity contribution < 1.29 is 5.11 Å². The molecule has 0 amide bonds. The number of allylic oxidation sites excluding steroid dienone is 2. The molecule has 5 unspecified atom stereocenters. The zero-order valence-corrected chi connectivity index (χ0v) is 23.0. The molecule has 1 N–H and O–H groups in total. The molecule has 0 aromatic heterocycles. The highest BCUT2D eigenvalue weighted by Gasteiger charge is 2.48. The van der Waals surface area contributed by atoms with E-state index in [2.05, 4.69) is 69.3 Å². The van der Waals surface area contributed by atoms with Gasteiger partial charge in [0.1, 0.15) is 5.75 Å². The van der Waals surface area contributed by atoms with Gasteiger partial charge in [-0.3, -0.25) is 0 Å². The smallest absolute Gasteiger partial charge is 0.116 e. The summed E-state index contributed by atoms with van der Waals surface area (Å²) in [4.78, 5) is 0. The first kappa shape index (κ1) is 25.6. The average Bonchev–Trinajstić information content (AvgIpc) is 2.84. The van der Waals surface area contributed by atoms with E-state index in [4.69, 9.17) is 0 Å². The minimum atomic E-state index is 0.443. The Hall–Kier alpha value is -2.02. The number of hydrogen-bond acceptors (Lipinski definition) is 1.